The highest BCUT2D eigenvalue weighted by atomic mass is 35.5. The summed E-state index contributed by atoms with van der Waals surface area (Å²) in [7, 11) is 0. The zero-order chi connectivity index (χ0) is 14.9. The first-order chi connectivity index (χ1) is 9.32. The number of ether oxygens (including phenoxy) is 1. The highest BCUT2D eigenvalue weighted by Gasteiger charge is 2.33. The number of aliphatic hydroxyl groups is 1. The van der Waals surface area contributed by atoms with E-state index in [2.05, 4.69) is 4.90 Å². The molecule has 2 rings (SSSR count). The van der Waals surface area contributed by atoms with Gasteiger partial charge in [0.2, 0.25) is 0 Å². The topological polar surface area (TPSA) is 49.8 Å². The lowest BCUT2D eigenvalue weighted by Gasteiger charge is -2.43. The molecule has 1 N–H and O–H groups in total. The molecule has 1 unspecified atom stereocenters. The smallest absolute Gasteiger partial charge is 0.159 e. The summed E-state index contributed by atoms with van der Waals surface area (Å²) in [5.74, 6) is -0.00556. The van der Waals surface area contributed by atoms with Crippen LogP contribution in [0.15, 0.2) is 18.2 Å². The van der Waals surface area contributed by atoms with E-state index in [1.807, 2.05) is 19.9 Å². The van der Waals surface area contributed by atoms with Gasteiger partial charge in [-0.25, -0.2) is 0 Å². The van der Waals surface area contributed by atoms with E-state index in [1.54, 1.807) is 12.1 Å². The maximum atomic E-state index is 11.4. The number of nitrogens with zero attached hydrogens (tertiary/aromatic N) is 1. The third-order valence-corrected chi connectivity index (χ3v) is 3.68. The third kappa shape index (κ3) is 3.32. The lowest BCUT2D eigenvalue weighted by atomic mass is 10.0. The molecular formula is C15H20ClNO3. The summed E-state index contributed by atoms with van der Waals surface area (Å²) >= 11 is 6.29. The van der Waals surface area contributed by atoms with Crippen molar-refractivity contribution in [3.63, 3.8) is 0 Å². The van der Waals surface area contributed by atoms with Crippen LogP contribution in [-0.2, 0) is 4.74 Å². The van der Waals surface area contributed by atoms with Gasteiger partial charge in [0.1, 0.15) is 0 Å². The van der Waals surface area contributed by atoms with Crippen molar-refractivity contribution in [1.29, 1.82) is 0 Å². The van der Waals surface area contributed by atoms with Crippen LogP contribution < -0.4 is 4.90 Å². The summed E-state index contributed by atoms with van der Waals surface area (Å²) in [5, 5.41) is 9.89. The van der Waals surface area contributed by atoms with Crippen molar-refractivity contribution in [1.82, 2.24) is 0 Å². The molecule has 0 spiro atoms. The molecule has 1 aliphatic heterocycles. The fourth-order valence-corrected chi connectivity index (χ4v) is 2.86. The van der Waals surface area contributed by atoms with Crippen LogP contribution in [0.4, 0.5) is 5.69 Å². The predicted molar refractivity (Wildman–Crippen MR) is 79.7 cm³/mol. The largest absolute Gasteiger partial charge is 0.394 e. The third-order valence-electron chi connectivity index (χ3n) is 3.38. The van der Waals surface area contributed by atoms with Crippen LogP contribution in [0.2, 0.25) is 5.02 Å². The van der Waals surface area contributed by atoms with Gasteiger partial charge >= 0.3 is 0 Å². The molecule has 0 bridgehead atoms. The lowest BCUT2D eigenvalue weighted by Crippen LogP contribution is -2.54. The highest BCUT2D eigenvalue weighted by molar-refractivity contribution is 6.33. The minimum absolute atomic E-state index is 0.00556. The van der Waals surface area contributed by atoms with E-state index < -0.39 is 0 Å². The summed E-state index contributed by atoms with van der Waals surface area (Å²) in [4.78, 5) is 13.5. The monoisotopic (exact) mass is 297 g/mol. The van der Waals surface area contributed by atoms with E-state index in [9.17, 15) is 9.90 Å². The molecule has 1 heterocycles. The van der Waals surface area contributed by atoms with Gasteiger partial charge in [0, 0.05) is 18.7 Å². The van der Waals surface area contributed by atoms with E-state index in [-0.39, 0.29) is 24.1 Å². The molecule has 1 aromatic carbocycles. The van der Waals surface area contributed by atoms with Gasteiger partial charge in [-0.05, 0) is 39.0 Å². The second kappa shape index (κ2) is 5.72. The first kappa shape index (κ1) is 15.3. The number of benzene rings is 1. The quantitative estimate of drug-likeness (QED) is 0.871. The number of ketones is 1. The fourth-order valence-electron chi connectivity index (χ4n) is 2.56. The molecule has 1 atom stereocenters. The molecule has 4 nitrogen and oxygen atoms in total. The molecule has 0 saturated carbocycles. The van der Waals surface area contributed by atoms with E-state index in [0.717, 1.165) is 5.69 Å². The summed E-state index contributed by atoms with van der Waals surface area (Å²) < 4.78 is 5.79. The van der Waals surface area contributed by atoms with E-state index >= 15 is 0 Å². The number of morpholine rings is 1. The van der Waals surface area contributed by atoms with Crippen LogP contribution in [0.5, 0.6) is 0 Å². The minimum atomic E-state index is -0.353. The Morgan fingerprint density at radius 2 is 2.25 bits per heavy atom. The number of carbonyl (C=O) groups is 1. The molecule has 0 aliphatic carbocycles. The minimum Gasteiger partial charge on any atom is -0.394 e. The molecule has 0 radical (unpaired) electrons. The Hall–Kier alpha value is -1.10. The van der Waals surface area contributed by atoms with Crippen molar-refractivity contribution >= 4 is 23.1 Å². The van der Waals surface area contributed by atoms with Crippen molar-refractivity contribution in [3.05, 3.63) is 28.8 Å². The van der Waals surface area contributed by atoms with Crippen LogP contribution in [-0.4, -0.2) is 42.3 Å². The number of carbonyl (C=O) groups excluding carboxylic acids is 1. The van der Waals surface area contributed by atoms with Crippen LogP contribution in [0.1, 0.15) is 31.1 Å². The number of rotatable bonds is 3. The van der Waals surface area contributed by atoms with E-state index in [1.165, 1.54) is 6.92 Å². The van der Waals surface area contributed by atoms with Gasteiger partial charge in [0.25, 0.3) is 0 Å². The standard InChI is InChI=1S/C15H20ClNO3/c1-10(19)11-4-5-14(13(16)6-11)17-7-12(8-18)20-15(2,3)9-17/h4-6,12,18H,7-9H2,1-3H3. The molecule has 5 heteroatoms. The van der Waals surface area contributed by atoms with Crippen LogP contribution >= 0.6 is 11.6 Å². The molecule has 1 saturated heterocycles. The number of Topliss-reactive ketones (excluding diaryl/α,β-unsaturated/α-hetero) is 1. The zero-order valence-corrected chi connectivity index (χ0v) is 12.8. The van der Waals surface area contributed by atoms with Gasteiger partial charge in [-0.3, -0.25) is 4.79 Å². The van der Waals surface area contributed by atoms with Gasteiger partial charge in [0.15, 0.2) is 5.78 Å². The lowest BCUT2D eigenvalue weighted by molar-refractivity contribution is -0.101. The number of halogens is 1. The predicted octanol–water partition coefficient (Wildman–Crippen LogP) is 2.52. The van der Waals surface area contributed by atoms with Crippen LogP contribution in [0, 0.1) is 0 Å². The Morgan fingerprint density at radius 3 is 2.80 bits per heavy atom. The van der Waals surface area contributed by atoms with Gasteiger partial charge in [-0.2, -0.15) is 0 Å². The van der Waals surface area contributed by atoms with Crippen molar-refractivity contribution in [3.8, 4) is 0 Å². The second-order valence-electron chi connectivity index (χ2n) is 5.79. The summed E-state index contributed by atoms with van der Waals surface area (Å²) in [6.45, 7) is 6.73. The van der Waals surface area contributed by atoms with Gasteiger partial charge in [-0.1, -0.05) is 11.6 Å². The first-order valence-corrected chi connectivity index (χ1v) is 7.04. The van der Waals surface area contributed by atoms with Crippen LogP contribution in [0.25, 0.3) is 0 Å². The van der Waals surface area contributed by atoms with Crippen molar-refractivity contribution < 1.29 is 14.6 Å². The van der Waals surface area contributed by atoms with E-state index in [0.29, 0.717) is 23.7 Å². The Bertz CT molecular complexity index is 516. The zero-order valence-electron chi connectivity index (χ0n) is 12.0. The Balaban J connectivity index is 2.28. The number of hydrogen-bond acceptors (Lipinski definition) is 4. The van der Waals surface area contributed by atoms with E-state index in [4.69, 9.17) is 16.3 Å². The normalized spacial score (nSPS) is 21.9. The first-order valence-electron chi connectivity index (χ1n) is 6.66. The maximum Gasteiger partial charge on any atom is 0.159 e. The summed E-state index contributed by atoms with van der Waals surface area (Å²) in [5.41, 5.74) is 1.12. The van der Waals surface area contributed by atoms with Gasteiger partial charge in [-0.15, -0.1) is 0 Å². The van der Waals surface area contributed by atoms with Crippen molar-refractivity contribution in [2.75, 3.05) is 24.6 Å². The average molecular weight is 298 g/mol. The molecule has 20 heavy (non-hydrogen) atoms. The average Bonchev–Trinajstić information content (AvgIpc) is 2.36. The Morgan fingerprint density at radius 1 is 1.55 bits per heavy atom. The molecule has 1 fully saturated rings. The van der Waals surface area contributed by atoms with Gasteiger partial charge < -0.3 is 14.7 Å². The van der Waals surface area contributed by atoms with Crippen LogP contribution in [0.3, 0.4) is 0 Å². The molecular weight excluding hydrogens is 278 g/mol. The second-order valence-corrected chi connectivity index (χ2v) is 6.19. The molecule has 1 aliphatic rings. The SMILES string of the molecule is CC(=O)c1ccc(N2CC(CO)OC(C)(C)C2)c(Cl)c1. The summed E-state index contributed by atoms with van der Waals surface area (Å²) in [6, 6.07) is 5.32. The maximum absolute atomic E-state index is 11.4. The number of aliphatic hydroxyl groups excluding tert-OH is 1. The number of anilines is 1. The molecule has 110 valence electrons. The van der Waals surface area contributed by atoms with Crippen molar-refractivity contribution in [2.24, 2.45) is 0 Å². The number of hydrogen-bond donors (Lipinski definition) is 1. The van der Waals surface area contributed by atoms with Crippen molar-refractivity contribution in [2.45, 2.75) is 32.5 Å². The molecule has 1 aromatic rings. The molecule has 0 aromatic heterocycles. The highest BCUT2D eigenvalue weighted by Crippen LogP contribution is 2.32. The summed E-state index contributed by atoms with van der Waals surface area (Å²) in [6.07, 6.45) is -0.234. The fraction of sp³-hybridized carbons (Fsp3) is 0.533. The Labute approximate surface area is 124 Å². The Kier molecular flexibility index (Phi) is 4.37. The molecule has 0 amide bonds. The van der Waals surface area contributed by atoms with Gasteiger partial charge in [0.05, 0.1) is 29.0 Å².